The van der Waals surface area contributed by atoms with Gasteiger partial charge in [-0.05, 0) is 44.0 Å². The van der Waals surface area contributed by atoms with Gasteiger partial charge >= 0.3 is 0 Å². The van der Waals surface area contributed by atoms with Crippen molar-refractivity contribution in [3.05, 3.63) is 24.3 Å². The molecule has 1 aromatic carbocycles. The van der Waals surface area contributed by atoms with E-state index < -0.39 is 16.1 Å². The zero-order chi connectivity index (χ0) is 18.9. The summed E-state index contributed by atoms with van der Waals surface area (Å²) in [5, 5.41) is 2.83. The van der Waals surface area contributed by atoms with Crippen LogP contribution in [0.3, 0.4) is 0 Å². The van der Waals surface area contributed by atoms with Gasteiger partial charge in [-0.25, -0.2) is 8.42 Å². The molecule has 26 heavy (non-hydrogen) atoms. The molecule has 0 spiro atoms. The molecular weight excluding hydrogens is 374 g/mol. The molecule has 2 aliphatic rings. The Morgan fingerprint density at radius 1 is 1.31 bits per heavy atom. The van der Waals surface area contributed by atoms with E-state index in [0.29, 0.717) is 30.0 Å². The number of sulfonamides is 1. The minimum absolute atomic E-state index is 0.0262. The van der Waals surface area contributed by atoms with Crippen LogP contribution in [0.2, 0.25) is 0 Å². The normalized spacial score (nSPS) is 25.2. The monoisotopic (exact) mass is 397 g/mol. The van der Waals surface area contributed by atoms with E-state index in [9.17, 15) is 18.0 Å². The zero-order valence-electron chi connectivity index (χ0n) is 14.8. The van der Waals surface area contributed by atoms with Crippen molar-refractivity contribution in [2.75, 3.05) is 21.5 Å². The van der Waals surface area contributed by atoms with Gasteiger partial charge in [-0.3, -0.25) is 14.3 Å². The van der Waals surface area contributed by atoms with Crippen molar-refractivity contribution < 1.29 is 18.0 Å². The molecule has 3 rings (SSSR count). The van der Waals surface area contributed by atoms with E-state index in [4.69, 9.17) is 0 Å². The Balaban J connectivity index is 1.64. The van der Waals surface area contributed by atoms with E-state index >= 15 is 0 Å². The molecule has 0 saturated carbocycles. The summed E-state index contributed by atoms with van der Waals surface area (Å²) in [6.07, 6.45) is 1.80. The lowest BCUT2D eigenvalue weighted by molar-refractivity contribution is -0.135. The van der Waals surface area contributed by atoms with Gasteiger partial charge < -0.3 is 10.2 Å². The van der Waals surface area contributed by atoms with Gasteiger partial charge in [-0.1, -0.05) is 6.92 Å². The van der Waals surface area contributed by atoms with Crippen LogP contribution in [0.15, 0.2) is 24.3 Å². The van der Waals surface area contributed by atoms with Gasteiger partial charge in [0.15, 0.2) is 0 Å². The predicted octanol–water partition coefficient (Wildman–Crippen LogP) is 2.23. The Hall–Kier alpha value is -1.74. The fraction of sp³-hybridized carbons (Fsp3) is 0.529. The van der Waals surface area contributed by atoms with Crippen LogP contribution >= 0.6 is 11.8 Å². The van der Waals surface area contributed by atoms with Crippen molar-refractivity contribution >= 4 is 45.0 Å². The van der Waals surface area contributed by atoms with Crippen molar-refractivity contribution in [1.29, 1.82) is 0 Å². The summed E-state index contributed by atoms with van der Waals surface area (Å²) in [7, 11) is -3.34. The number of thioether (sulfide) groups is 1. The minimum Gasteiger partial charge on any atom is -0.324 e. The molecular formula is C17H23N3O4S2. The maximum Gasteiger partial charge on any atom is 0.248 e. The van der Waals surface area contributed by atoms with Crippen LogP contribution in [0.1, 0.15) is 33.1 Å². The number of hydrogen-bond donors (Lipinski definition) is 2. The molecule has 2 unspecified atom stereocenters. The molecule has 2 atom stereocenters. The number of anilines is 2. The minimum atomic E-state index is -3.34. The molecule has 9 heteroatoms. The Bertz CT molecular complexity index is 810. The second-order valence-corrected chi connectivity index (χ2v) is 10.1. The highest BCUT2D eigenvalue weighted by Crippen LogP contribution is 2.47. The highest BCUT2D eigenvalue weighted by atomic mass is 32.2. The SMILES string of the molecule is CCCS(=O)(=O)Nc1ccc(NC(=O)C2CSC3(C)CCC(=O)N23)cc1. The second kappa shape index (κ2) is 7.11. The van der Waals surface area contributed by atoms with Crippen LogP contribution in [0.5, 0.6) is 0 Å². The first kappa shape index (κ1) is 19.0. The number of carbonyl (C=O) groups is 2. The molecule has 2 N–H and O–H groups in total. The first-order chi connectivity index (χ1) is 12.2. The molecule has 0 radical (unpaired) electrons. The van der Waals surface area contributed by atoms with E-state index in [2.05, 4.69) is 10.0 Å². The van der Waals surface area contributed by atoms with Crippen LogP contribution in [0.4, 0.5) is 11.4 Å². The van der Waals surface area contributed by atoms with Crippen molar-refractivity contribution in [3.63, 3.8) is 0 Å². The first-order valence-electron chi connectivity index (χ1n) is 8.62. The van der Waals surface area contributed by atoms with Gasteiger partial charge in [0.1, 0.15) is 6.04 Å². The molecule has 2 aliphatic heterocycles. The number of benzene rings is 1. The Morgan fingerprint density at radius 2 is 1.96 bits per heavy atom. The van der Waals surface area contributed by atoms with Crippen LogP contribution in [0.25, 0.3) is 0 Å². The summed E-state index contributed by atoms with van der Waals surface area (Å²) in [6.45, 7) is 3.81. The Labute approximate surface area is 158 Å². The third-order valence-electron chi connectivity index (χ3n) is 4.65. The number of nitrogens with zero attached hydrogens (tertiary/aromatic N) is 1. The average Bonchev–Trinajstić information content (AvgIpc) is 3.05. The smallest absolute Gasteiger partial charge is 0.248 e. The highest BCUT2D eigenvalue weighted by Gasteiger charge is 2.52. The van der Waals surface area contributed by atoms with E-state index in [1.165, 1.54) is 0 Å². The molecule has 0 aliphatic carbocycles. The van der Waals surface area contributed by atoms with Crippen LogP contribution in [-0.4, -0.2) is 47.6 Å². The number of fused-ring (bicyclic) bond motifs is 1. The van der Waals surface area contributed by atoms with E-state index in [1.807, 2.05) is 6.92 Å². The maximum absolute atomic E-state index is 12.6. The van der Waals surface area contributed by atoms with E-state index in [0.717, 1.165) is 6.42 Å². The third-order valence-corrected chi connectivity index (χ3v) is 7.64. The quantitative estimate of drug-likeness (QED) is 0.767. The molecule has 2 fully saturated rings. The number of hydrogen-bond acceptors (Lipinski definition) is 5. The summed E-state index contributed by atoms with van der Waals surface area (Å²) < 4.78 is 26.1. The summed E-state index contributed by atoms with van der Waals surface area (Å²) in [5.41, 5.74) is 1.02. The summed E-state index contributed by atoms with van der Waals surface area (Å²) in [6, 6.07) is 6.04. The molecule has 2 heterocycles. The van der Waals surface area contributed by atoms with E-state index in [-0.39, 0.29) is 22.4 Å². The van der Waals surface area contributed by atoms with Crippen molar-refractivity contribution in [2.45, 2.75) is 44.0 Å². The van der Waals surface area contributed by atoms with Gasteiger partial charge in [-0.15, -0.1) is 11.8 Å². The lowest BCUT2D eigenvalue weighted by Crippen LogP contribution is -2.48. The number of amides is 2. The van der Waals surface area contributed by atoms with Gasteiger partial charge in [0.05, 0.1) is 10.6 Å². The third kappa shape index (κ3) is 3.83. The average molecular weight is 398 g/mol. The topological polar surface area (TPSA) is 95.6 Å². The molecule has 1 aromatic rings. The van der Waals surface area contributed by atoms with Crippen molar-refractivity contribution in [3.8, 4) is 0 Å². The van der Waals surface area contributed by atoms with Crippen LogP contribution in [0, 0.1) is 0 Å². The summed E-state index contributed by atoms with van der Waals surface area (Å²) in [4.78, 5) is 26.2. The van der Waals surface area contributed by atoms with Gasteiger partial charge in [0.2, 0.25) is 21.8 Å². The largest absolute Gasteiger partial charge is 0.324 e. The standard InChI is InChI=1S/C17H23N3O4S2/c1-3-10-26(23,24)19-13-6-4-12(5-7-13)18-16(22)14-11-25-17(2)9-8-15(21)20(14)17/h4-7,14,19H,3,8-11H2,1-2H3,(H,18,22). The molecule has 2 amide bonds. The van der Waals surface area contributed by atoms with Gasteiger partial charge in [0, 0.05) is 23.5 Å². The predicted molar refractivity (Wildman–Crippen MR) is 104 cm³/mol. The maximum atomic E-state index is 12.6. The lowest BCUT2D eigenvalue weighted by Gasteiger charge is -2.29. The molecule has 142 valence electrons. The zero-order valence-corrected chi connectivity index (χ0v) is 16.5. The molecule has 7 nitrogen and oxygen atoms in total. The van der Waals surface area contributed by atoms with Crippen LogP contribution < -0.4 is 10.0 Å². The first-order valence-corrected chi connectivity index (χ1v) is 11.3. The Kier molecular flexibility index (Phi) is 5.21. The summed E-state index contributed by atoms with van der Waals surface area (Å²) in [5.74, 6) is 0.463. The second-order valence-electron chi connectivity index (χ2n) is 6.75. The van der Waals surface area contributed by atoms with Crippen molar-refractivity contribution in [1.82, 2.24) is 4.90 Å². The molecule has 0 aromatic heterocycles. The highest BCUT2D eigenvalue weighted by molar-refractivity contribution is 8.01. The molecule has 2 saturated heterocycles. The van der Waals surface area contributed by atoms with Crippen molar-refractivity contribution in [2.24, 2.45) is 0 Å². The Morgan fingerprint density at radius 3 is 2.62 bits per heavy atom. The summed E-state index contributed by atoms with van der Waals surface area (Å²) >= 11 is 1.65. The van der Waals surface area contributed by atoms with Gasteiger partial charge in [-0.2, -0.15) is 0 Å². The van der Waals surface area contributed by atoms with E-state index in [1.54, 1.807) is 47.9 Å². The fourth-order valence-electron chi connectivity index (χ4n) is 3.36. The lowest BCUT2D eigenvalue weighted by atomic mass is 10.2. The fourth-order valence-corrected chi connectivity index (χ4v) is 5.93. The molecule has 0 bridgehead atoms. The number of carbonyl (C=O) groups excluding carboxylic acids is 2. The number of rotatable bonds is 6. The van der Waals surface area contributed by atoms with Gasteiger partial charge in [0.25, 0.3) is 0 Å². The number of nitrogens with one attached hydrogen (secondary N) is 2. The van der Waals surface area contributed by atoms with Crippen LogP contribution in [-0.2, 0) is 19.6 Å².